The van der Waals surface area contributed by atoms with Gasteiger partial charge in [0.2, 0.25) is 5.88 Å². The molecule has 9 nitrogen and oxygen atoms in total. The van der Waals surface area contributed by atoms with Crippen LogP contribution in [0, 0.1) is 12.8 Å². The van der Waals surface area contributed by atoms with Crippen molar-refractivity contribution >= 4 is 34.3 Å². The van der Waals surface area contributed by atoms with Crippen LogP contribution in [0.1, 0.15) is 68.8 Å². The molecule has 3 N–H and O–H groups in total. The van der Waals surface area contributed by atoms with E-state index >= 15 is 0 Å². The van der Waals surface area contributed by atoms with Gasteiger partial charge in [-0.3, -0.25) is 0 Å². The number of fused-ring (bicyclic) bond motifs is 1. The standard InChI is InChI=1S/C23H28N6O3S/c1-13-25-21(24)19-22(26-13)31-23(2,3)20(27-19)17-10-8-16(9-11-17)15-6-4-14(5-7-15)12-18-28-32-33(30)29-18/h8-11,14-15H,4-7,12H2,1-3H3,(H,28,29)(H2,24,25,26)/t14-,15-,33?. The number of ether oxygens (including phenoxy) is 1. The van der Waals surface area contributed by atoms with Crippen molar-refractivity contribution in [3.05, 3.63) is 41.2 Å². The molecule has 1 aromatic carbocycles. The Balaban J connectivity index is 1.29. The van der Waals surface area contributed by atoms with Gasteiger partial charge in [-0.2, -0.15) is 9.27 Å². The number of nitrogens with zero attached hydrogens (tertiary/aromatic N) is 4. The highest BCUT2D eigenvalue weighted by Crippen LogP contribution is 2.40. The second-order valence-electron chi connectivity index (χ2n) is 9.37. The molecular formula is C23H28N6O3S. The van der Waals surface area contributed by atoms with Crippen molar-refractivity contribution in [3.8, 4) is 5.88 Å². The summed E-state index contributed by atoms with van der Waals surface area (Å²) in [4.78, 5) is 13.4. The Morgan fingerprint density at radius 1 is 1.15 bits per heavy atom. The minimum Gasteiger partial charge on any atom is -0.463 e. The molecule has 0 bridgehead atoms. The van der Waals surface area contributed by atoms with Gasteiger partial charge >= 0.3 is 11.3 Å². The molecule has 2 aliphatic heterocycles. The van der Waals surface area contributed by atoms with Crippen LogP contribution in [0.3, 0.4) is 0 Å². The van der Waals surface area contributed by atoms with Gasteiger partial charge in [0, 0.05) is 12.0 Å². The topological polar surface area (TPSA) is 124 Å². The minimum absolute atomic E-state index is 0.329. The number of hydroxylamine groups is 1. The van der Waals surface area contributed by atoms with Crippen molar-refractivity contribution in [1.29, 1.82) is 0 Å². The van der Waals surface area contributed by atoms with Crippen molar-refractivity contribution in [2.24, 2.45) is 15.3 Å². The van der Waals surface area contributed by atoms with Crippen LogP contribution in [0.5, 0.6) is 5.88 Å². The van der Waals surface area contributed by atoms with Crippen LogP contribution in [0.2, 0.25) is 0 Å². The fourth-order valence-electron chi connectivity index (χ4n) is 4.86. The SMILES string of the molecule is Cc1nc(N)c2c(n1)OC(C)(C)C(c1ccc([C@H]3CC[C@H](CC4=NS(=O)ON4)CC3)cc1)=N2. The van der Waals surface area contributed by atoms with Crippen LogP contribution in [0.15, 0.2) is 33.7 Å². The number of anilines is 1. The van der Waals surface area contributed by atoms with E-state index in [0.29, 0.717) is 40.9 Å². The summed E-state index contributed by atoms with van der Waals surface area (Å²) in [6.45, 7) is 5.76. The summed E-state index contributed by atoms with van der Waals surface area (Å²) in [7, 11) is 0. The number of nitrogen functional groups attached to an aromatic ring is 1. The Kier molecular flexibility index (Phi) is 5.65. The van der Waals surface area contributed by atoms with Crippen LogP contribution in [-0.2, 0) is 15.6 Å². The van der Waals surface area contributed by atoms with E-state index in [9.17, 15) is 4.21 Å². The van der Waals surface area contributed by atoms with E-state index in [1.165, 1.54) is 5.56 Å². The molecule has 1 saturated carbocycles. The number of benzene rings is 1. The smallest absolute Gasteiger partial charge is 0.309 e. The summed E-state index contributed by atoms with van der Waals surface area (Å²) >= 11 is -1.57. The third-order valence-electron chi connectivity index (χ3n) is 6.54. The van der Waals surface area contributed by atoms with E-state index in [4.69, 9.17) is 19.7 Å². The zero-order chi connectivity index (χ0) is 23.2. The normalized spacial score (nSPS) is 26.0. The van der Waals surface area contributed by atoms with E-state index in [2.05, 4.69) is 44.1 Å². The fraction of sp³-hybridized carbons (Fsp3) is 0.478. The molecule has 33 heavy (non-hydrogen) atoms. The second-order valence-corrected chi connectivity index (χ2v) is 10.2. The first-order chi connectivity index (χ1) is 15.8. The maximum Gasteiger partial charge on any atom is 0.309 e. The lowest BCUT2D eigenvalue weighted by atomic mass is 9.77. The highest BCUT2D eigenvalue weighted by molar-refractivity contribution is 7.79. The van der Waals surface area contributed by atoms with Crippen LogP contribution >= 0.6 is 0 Å². The molecule has 1 fully saturated rings. The van der Waals surface area contributed by atoms with E-state index in [0.717, 1.165) is 43.4 Å². The number of aryl methyl sites for hydroxylation is 1. The molecule has 1 aliphatic carbocycles. The number of hydrogen-bond donors (Lipinski definition) is 2. The highest BCUT2D eigenvalue weighted by Gasteiger charge is 2.35. The number of aromatic nitrogens is 2. The molecule has 3 aliphatic rings. The molecule has 5 rings (SSSR count). The lowest BCUT2D eigenvalue weighted by Gasteiger charge is -2.32. The molecule has 0 spiro atoms. The number of nitrogens with one attached hydrogen (secondary N) is 1. The lowest BCUT2D eigenvalue weighted by Crippen LogP contribution is -2.41. The predicted molar refractivity (Wildman–Crippen MR) is 128 cm³/mol. The molecule has 1 atom stereocenters. The number of rotatable bonds is 4. The Morgan fingerprint density at radius 3 is 2.55 bits per heavy atom. The largest absolute Gasteiger partial charge is 0.463 e. The van der Waals surface area contributed by atoms with Crippen molar-refractivity contribution in [3.63, 3.8) is 0 Å². The van der Waals surface area contributed by atoms with Crippen LogP contribution in [0.4, 0.5) is 11.5 Å². The first kappa shape index (κ1) is 22.0. The molecule has 3 heterocycles. The molecule has 174 valence electrons. The van der Waals surface area contributed by atoms with Gasteiger partial charge in [0.15, 0.2) is 11.5 Å². The summed E-state index contributed by atoms with van der Waals surface area (Å²) in [6.07, 6.45) is 5.26. The summed E-state index contributed by atoms with van der Waals surface area (Å²) in [5.41, 5.74) is 11.8. The third-order valence-corrected chi connectivity index (χ3v) is 7.13. The summed E-state index contributed by atoms with van der Waals surface area (Å²) in [5, 5.41) is 0. The summed E-state index contributed by atoms with van der Waals surface area (Å²) in [5.74, 6) is 3.09. The van der Waals surface area contributed by atoms with Gasteiger partial charge < -0.3 is 10.5 Å². The molecule has 0 amide bonds. The molecule has 0 radical (unpaired) electrons. The van der Waals surface area contributed by atoms with Gasteiger partial charge in [-0.25, -0.2) is 19.7 Å². The van der Waals surface area contributed by atoms with E-state index in [1.807, 2.05) is 13.8 Å². The van der Waals surface area contributed by atoms with Crippen molar-refractivity contribution in [2.75, 3.05) is 5.73 Å². The van der Waals surface area contributed by atoms with Crippen molar-refractivity contribution in [1.82, 2.24) is 15.4 Å². The molecule has 0 saturated heterocycles. The van der Waals surface area contributed by atoms with Crippen molar-refractivity contribution < 1.29 is 13.2 Å². The average molecular weight is 469 g/mol. The van der Waals surface area contributed by atoms with Gasteiger partial charge in [-0.1, -0.05) is 24.3 Å². The molecular weight excluding hydrogens is 440 g/mol. The van der Waals surface area contributed by atoms with Crippen LogP contribution in [-0.4, -0.2) is 31.3 Å². The number of amidine groups is 1. The Bertz CT molecular complexity index is 1150. The Labute approximate surface area is 195 Å². The summed E-state index contributed by atoms with van der Waals surface area (Å²) < 4.78 is 26.1. The number of nitrogens with two attached hydrogens (primary N) is 1. The van der Waals surface area contributed by atoms with E-state index < -0.39 is 16.9 Å². The highest BCUT2D eigenvalue weighted by atomic mass is 32.2. The van der Waals surface area contributed by atoms with Gasteiger partial charge in [-0.05, 0) is 63.9 Å². The number of aliphatic imine (C=N–C) groups is 1. The van der Waals surface area contributed by atoms with E-state index in [1.54, 1.807) is 6.92 Å². The zero-order valence-corrected chi connectivity index (χ0v) is 19.8. The Hall–Kier alpha value is -2.85. The molecule has 1 unspecified atom stereocenters. The van der Waals surface area contributed by atoms with Gasteiger partial charge in [0.05, 0.1) is 5.71 Å². The van der Waals surface area contributed by atoms with Crippen LogP contribution < -0.4 is 16.0 Å². The zero-order valence-electron chi connectivity index (χ0n) is 19.0. The quantitative estimate of drug-likeness (QED) is 0.699. The second kappa shape index (κ2) is 8.49. The molecule has 1 aromatic heterocycles. The first-order valence-corrected chi connectivity index (χ1v) is 12.3. The lowest BCUT2D eigenvalue weighted by molar-refractivity contribution is 0.171. The predicted octanol–water partition coefficient (Wildman–Crippen LogP) is 3.83. The van der Waals surface area contributed by atoms with Gasteiger partial charge in [-0.15, -0.1) is 4.40 Å². The van der Waals surface area contributed by atoms with E-state index in [-0.39, 0.29) is 0 Å². The number of hydrogen-bond acceptors (Lipinski definition) is 8. The van der Waals surface area contributed by atoms with Gasteiger partial charge in [0.25, 0.3) is 0 Å². The average Bonchev–Trinajstić information content (AvgIpc) is 3.18. The minimum atomic E-state index is -1.57. The maximum absolute atomic E-state index is 11.2. The fourth-order valence-corrected chi connectivity index (χ4v) is 5.36. The van der Waals surface area contributed by atoms with Gasteiger partial charge in [0.1, 0.15) is 17.3 Å². The maximum atomic E-state index is 11.2. The van der Waals surface area contributed by atoms with Crippen molar-refractivity contribution in [2.45, 2.75) is 64.4 Å². The monoisotopic (exact) mass is 468 g/mol. The molecule has 10 heteroatoms. The first-order valence-electron chi connectivity index (χ1n) is 11.2. The molecule has 2 aromatic rings. The summed E-state index contributed by atoms with van der Waals surface area (Å²) in [6, 6.07) is 8.63. The third kappa shape index (κ3) is 4.49. The van der Waals surface area contributed by atoms with Crippen LogP contribution in [0.25, 0.3) is 0 Å². The Morgan fingerprint density at radius 2 is 1.88 bits per heavy atom.